The highest BCUT2D eigenvalue weighted by atomic mass is 35.5. The standard InChI is InChI=1S/C6H4ClN7/c1-13-2-3-4(9-13)5(7)10-14-6(3)8-11-12-14/h2H,1H3. The Kier molecular flexibility index (Phi) is 1.30. The van der Waals surface area contributed by atoms with Crippen LogP contribution >= 0.6 is 11.6 Å². The van der Waals surface area contributed by atoms with E-state index in [9.17, 15) is 0 Å². The number of aryl methyl sites for hydroxylation is 1. The van der Waals surface area contributed by atoms with E-state index < -0.39 is 0 Å². The first-order chi connectivity index (χ1) is 6.75. The molecule has 3 aromatic rings. The van der Waals surface area contributed by atoms with Gasteiger partial charge in [-0.2, -0.15) is 5.10 Å². The van der Waals surface area contributed by atoms with E-state index in [1.807, 2.05) is 0 Å². The zero-order valence-corrected chi connectivity index (χ0v) is 7.84. The minimum atomic E-state index is 0.292. The summed E-state index contributed by atoms with van der Waals surface area (Å²) in [7, 11) is 1.80. The van der Waals surface area contributed by atoms with E-state index in [2.05, 4.69) is 25.7 Å². The van der Waals surface area contributed by atoms with Crippen LogP contribution in [0.4, 0.5) is 0 Å². The van der Waals surface area contributed by atoms with Gasteiger partial charge in [-0.1, -0.05) is 11.6 Å². The first-order valence-electron chi connectivity index (χ1n) is 3.83. The van der Waals surface area contributed by atoms with Crippen LogP contribution in [0, 0.1) is 0 Å². The average Bonchev–Trinajstić information content (AvgIpc) is 2.69. The fourth-order valence-corrected chi connectivity index (χ4v) is 1.56. The highest BCUT2D eigenvalue weighted by Crippen LogP contribution is 2.21. The van der Waals surface area contributed by atoms with E-state index in [0.717, 1.165) is 5.39 Å². The lowest BCUT2D eigenvalue weighted by atomic mass is 10.4. The van der Waals surface area contributed by atoms with E-state index in [0.29, 0.717) is 16.3 Å². The van der Waals surface area contributed by atoms with Gasteiger partial charge in [0, 0.05) is 13.2 Å². The summed E-state index contributed by atoms with van der Waals surface area (Å²) in [6, 6.07) is 0. The van der Waals surface area contributed by atoms with E-state index in [-0.39, 0.29) is 0 Å². The third kappa shape index (κ3) is 0.841. The Balaban J connectivity index is 2.65. The molecule has 0 saturated carbocycles. The Morgan fingerprint density at radius 1 is 1.36 bits per heavy atom. The van der Waals surface area contributed by atoms with Crippen molar-refractivity contribution in [3.8, 4) is 0 Å². The normalized spacial score (nSPS) is 11.6. The summed E-state index contributed by atoms with van der Waals surface area (Å²) in [5.74, 6) is 0. The van der Waals surface area contributed by atoms with Crippen molar-refractivity contribution in [1.82, 2.24) is 35.0 Å². The molecule has 8 heteroatoms. The number of tetrazole rings is 1. The zero-order valence-electron chi connectivity index (χ0n) is 7.09. The van der Waals surface area contributed by atoms with Gasteiger partial charge in [0.15, 0.2) is 5.15 Å². The Morgan fingerprint density at radius 2 is 2.21 bits per heavy atom. The lowest BCUT2D eigenvalue weighted by Gasteiger charge is -1.91. The quantitative estimate of drug-likeness (QED) is 0.523. The Morgan fingerprint density at radius 3 is 3.07 bits per heavy atom. The van der Waals surface area contributed by atoms with Crippen molar-refractivity contribution in [2.45, 2.75) is 0 Å². The van der Waals surface area contributed by atoms with Gasteiger partial charge in [0.25, 0.3) is 0 Å². The van der Waals surface area contributed by atoms with Crippen molar-refractivity contribution < 1.29 is 0 Å². The number of halogens is 1. The van der Waals surface area contributed by atoms with Crippen molar-refractivity contribution >= 4 is 28.2 Å². The van der Waals surface area contributed by atoms with Gasteiger partial charge in [0.05, 0.1) is 5.39 Å². The molecule has 0 aliphatic heterocycles. The second-order valence-corrected chi connectivity index (χ2v) is 3.21. The molecule has 0 spiro atoms. The zero-order chi connectivity index (χ0) is 9.71. The maximum atomic E-state index is 5.90. The van der Waals surface area contributed by atoms with E-state index in [1.54, 1.807) is 17.9 Å². The van der Waals surface area contributed by atoms with Gasteiger partial charge in [0.2, 0.25) is 5.65 Å². The first-order valence-corrected chi connectivity index (χ1v) is 4.21. The van der Waals surface area contributed by atoms with Gasteiger partial charge in [-0.3, -0.25) is 4.68 Å². The third-order valence-corrected chi connectivity index (χ3v) is 2.16. The topological polar surface area (TPSA) is 73.8 Å². The average molecular weight is 210 g/mol. The van der Waals surface area contributed by atoms with Gasteiger partial charge >= 0.3 is 0 Å². The van der Waals surface area contributed by atoms with Crippen LogP contribution in [0.1, 0.15) is 0 Å². The maximum Gasteiger partial charge on any atom is 0.211 e. The van der Waals surface area contributed by atoms with Crippen LogP contribution in [0.5, 0.6) is 0 Å². The van der Waals surface area contributed by atoms with Crippen LogP contribution in [-0.2, 0) is 7.05 Å². The van der Waals surface area contributed by atoms with E-state index in [4.69, 9.17) is 11.6 Å². The summed E-state index contributed by atoms with van der Waals surface area (Å²) in [5.41, 5.74) is 1.16. The summed E-state index contributed by atoms with van der Waals surface area (Å²) >= 11 is 5.90. The Hall–Kier alpha value is -1.76. The molecule has 0 aliphatic carbocycles. The summed E-state index contributed by atoms with van der Waals surface area (Å²) in [6.07, 6.45) is 1.80. The molecule has 70 valence electrons. The van der Waals surface area contributed by atoms with Crippen molar-refractivity contribution in [2.75, 3.05) is 0 Å². The SMILES string of the molecule is Cn1cc2c(n1)c(Cl)nn1nnnc21. The second kappa shape index (κ2) is 2.38. The molecule has 0 atom stereocenters. The molecule has 3 aromatic heterocycles. The number of aromatic nitrogens is 7. The Labute approximate surface area is 82.3 Å². The van der Waals surface area contributed by atoms with Crippen LogP contribution in [0.15, 0.2) is 6.20 Å². The van der Waals surface area contributed by atoms with Crippen LogP contribution in [-0.4, -0.2) is 35.0 Å². The number of hydrogen-bond donors (Lipinski definition) is 0. The number of hydrogen-bond acceptors (Lipinski definition) is 5. The van der Waals surface area contributed by atoms with Crippen molar-refractivity contribution in [1.29, 1.82) is 0 Å². The number of rotatable bonds is 0. The smallest absolute Gasteiger partial charge is 0.211 e. The van der Waals surface area contributed by atoms with Gasteiger partial charge in [-0.15, -0.1) is 14.8 Å². The van der Waals surface area contributed by atoms with Crippen molar-refractivity contribution in [3.63, 3.8) is 0 Å². The largest absolute Gasteiger partial charge is 0.274 e. The highest BCUT2D eigenvalue weighted by molar-refractivity contribution is 6.34. The van der Waals surface area contributed by atoms with E-state index in [1.165, 1.54) is 4.63 Å². The lowest BCUT2D eigenvalue weighted by molar-refractivity contribution is 0.735. The predicted octanol–water partition coefficient (Wildman–Crippen LogP) is 0.0594. The molecule has 0 fully saturated rings. The summed E-state index contributed by atoms with van der Waals surface area (Å²) in [5, 5.41) is 20.2. The summed E-state index contributed by atoms with van der Waals surface area (Å²) in [4.78, 5) is 0. The van der Waals surface area contributed by atoms with Gasteiger partial charge < -0.3 is 0 Å². The second-order valence-electron chi connectivity index (χ2n) is 2.85. The molecule has 0 amide bonds. The van der Waals surface area contributed by atoms with E-state index >= 15 is 0 Å². The molecule has 0 saturated heterocycles. The number of nitrogens with zero attached hydrogens (tertiary/aromatic N) is 7. The molecular weight excluding hydrogens is 206 g/mol. The molecule has 0 aliphatic rings. The van der Waals surface area contributed by atoms with Gasteiger partial charge in [-0.05, 0) is 10.4 Å². The number of fused-ring (bicyclic) bond motifs is 3. The summed E-state index contributed by atoms with van der Waals surface area (Å²) < 4.78 is 2.93. The monoisotopic (exact) mass is 209 g/mol. The fourth-order valence-electron chi connectivity index (χ4n) is 1.35. The van der Waals surface area contributed by atoms with Crippen molar-refractivity contribution in [3.05, 3.63) is 11.3 Å². The van der Waals surface area contributed by atoms with Crippen molar-refractivity contribution in [2.24, 2.45) is 7.05 Å². The molecule has 0 N–H and O–H groups in total. The van der Waals surface area contributed by atoms with Gasteiger partial charge in [-0.25, -0.2) is 0 Å². The first kappa shape index (κ1) is 7.63. The predicted molar refractivity (Wildman–Crippen MR) is 47.9 cm³/mol. The molecule has 0 bridgehead atoms. The van der Waals surface area contributed by atoms with Gasteiger partial charge in [0.1, 0.15) is 5.52 Å². The fraction of sp³-hybridized carbons (Fsp3) is 0.167. The summed E-state index contributed by atoms with van der Waals surface area (Å²) in [6.45, 7) is 0. The minimum Gasteiger partial charge on any atom is -0.274 e. The molecule has 3 heterocycles. The third-order valence-electron chi connectivity index (χ3n) is 1.90. The van der Waals surface area contributed by atoms with Crippen LogP contribution in [0.2, 0.25) is 5.15 Å². The highest BCUT2D eigenvalue weighted by Gasteiger charge is 2.12. The minimum absolute atomic E-state index is 0.292. The molecule has 7 nitrogen and oxygen atoms in total. The maximum absolute atomic E-state index is 5.90. The molecule has 0 unspecified atom stereocenters. The molecule has 0 radical (unpaired) electrons. The molecule has 0 aromatic carbocycles. The lowest BCUT2D eigenvalue weighted by Crippen LogP contribution is -1.95. The van der Waals surface area contributed by atoms with Crippen LogP contribution in [0.3, 0.4) is 0 Å². The molecule has 14 heavy (non-hydrogen) atoms. The van der Waals surface area contributed by atoms with Crippen LogP contribution in [0.25, 0.3) is 16.6 Å². The molecular formula is C6H4ClN7. The van der Waals surface area contributed by atoms with Crippen LogP contribution < -0.4 is 0 Å². The Bertz CT molecular complexity index is 623. The molecule has 3 rings (SSSR count).